The monoisotopic (exact) mass is 466 g/mol. The molecule has 9 heteroatoms. The second-order valence-electron chi connectivity index (χ2n) is 7.45. The van der Waals surface area contributed by atoms with Crippen LogP contribution < -0.4 is 19.1 Å². The van der Waals surface area contributed by atoms with E-state index in [2.05, 4.69) is 4.98 Å². The lowest BCUT2D eigenvalue weighted by atomic mass is 10.2. The minimum atomic E-state index is -0.167. The first kappa shape index (κ1) is 22.6. The second kappa shape index (κ2) is 10.4. The van der Waals surface area contributed by atoms with Gasteiger partial charge in [0.2, 0.25) is 0 Å². The molecule has 2 heterocycles. The molecule has 8 nitrogen and oxygen atoms in total. The van der Waals surface area contributed by atoms with Gasteiger partial charge in [0.05, 0.1) is 20.5 Å². The van der Waals surface area contributed by atoms with Crippen LogP contribution in [0.5, 0.6) is 17.2 Å². The highest BCUT2D eigenvalue weighted by molar-refractivity contribution is 7.22. The van der Waals surface area contributed by atoms with Crippen molar-refractivity contribution in [1.29, 1.82) is 0 Å². The minimum absolute atomic E-state index is 0.0846. The van der Waals surface area contributed by atoms with Crippen LogP contribution in [0.15, 0.2) is 55.1 Å². The van der Waals surface area contributed by atoms with Crippen molar-refractivity contribution in [3.63, 3.8) is 0 Å². The molecule has 4 aromatic rings. The van der Waals surface area contributed by atoms with Crippen LogP contribution in [0.25, 0.3) is 10.2 Å². The van der Waals surface area contributed by atoms with Gasteiger partial charge in [0.25, 0.3) is 5.91 Å². The van der Waals surface area contributed by atoms with Crippen molar-refractivity contribution < 1.29 is 19.0 Å². The number of benzene rings is 2. The fourth-order valence-corrected chi connectivity index (χ4v) is 4.59. The lowest BCUT2D eigenvalue weighted by Gasteiger charge is -2.20. The number of fused-ring (bicyclic) bond motifs is 1. The van der Waals surface area contributed by atoms with Crippen LogP contribution in [0, 0.1) is 6.92 Å². The topological polar surface area (TPSA) is 78.7 Å². The van der Waals surface area contributed by atoms with E-state index in [4.69, 9.17) is 19.2 Å². The summed E-state index contributed by atoms with van der Waals surface area (Å²) in [5.74, 6) is 1.82. The number of imidazole rings is 1. The number of aryl methyl sites for hydroxylation is 2. The van der Waals surface area contributed by atoms with Crippen LogP contribution >= 0.6 is 11.3 Å². The molecule has 172 valence electrons. The number of anilines is 1. The van der Waals surface area contributed by atoms with Crippen LogP contribution in [0.4, 0.5) is 5.13 Å². The van der Waals surface area contributed by atoms with E-state index in [9.17, 15) is 4.79 Å². The molecule has 0 unspecified atom stereocenters. The summed E-state index contributed by atoms with van der Waals surface area (Å²) >= 11 is 1.40. The predicted octanol–water partition coefficient (Wildman–Crippen LogP) is 4.32. The Morgan fingerprint density at radius 1 is 1.15 bits per heavy atom. The first-order valence-electron chi connectivity index (χ1n) is 10.6. The Morgan fingerprint density at radius 2 is 1.97 bits per heavy atom. The van der Waals surface area contributed by atoms with Gasteiger partial charge in [-0.1, -0.05) is 23.5 Å². The number of carbonyl (C=O) groups is 1. The van der Waals surface area contributed by atoms with E-state index in [1.165, 1.54) is 11.3 Å². The summed E-state index contributed by atoms with van der Waals surface area (Å²) in [6.07, 6.45) is 6.14. The summed E-state index contributed by atoms with van der Waals surface area (Å²) in [6, 6.07) is 11.3. The van der Waals surface area contributed by atoms with E-state index in [0.717, 1.165) is 23.2 Å². The fourth-order valence-electron chi connectivity index (χ4n) is 3.48. The molecule has 0 atom stereocenters. The highest BCUT2D eigenvalue weighted by atomic mass is 32.1. The quantitative estimate of drug-likeness (QED) is 0.346. The Morgan fingerprint density at radius 3 is 2.70 bits per heavy atom. The van der Waals surface area contributed by atoms with Gasteiger partial charge >= 0.3 is 0 Å². The van der Waals surface area contributed by atoms with Crippen molar-refractivity contribution in [2.45, 2.75) is 19.9 Å². The molecule has 0 radical (unpaired) electrons. The number of nitrogens with zero attached hydrogens (tertiary/aromatic N) is 4. The SMILES string of the molecule is COc1ccc(OC)c2sc(N(CCCn3ccnc3)C(=O)COc3cccc(C)c3)nc12. The number of rotatable bonds is 10. The second-order valence-corrected chi connectivity index (χ2v) is 8.43. The molecule has 2 aromatic heterocycles. The van der Waals surface area contributed by atoms with Gasteiger partial charge in [0, 0.05) is 25.5 Å². The molecule has 0 bridgehead atoms. The van der Waals surface area contributed by atoms with Crippen LogP contribution in [-0.4, -0.2) is 47.8 Å². The molecular formula is C24H26N4O4S. The Hall–Kier alpha value is -3.59. The third-order valence-corrected chi connectivity index (χ3v) is 6.23. The summed E-state index contributed by atoms with van der Waals surface area (Å²) in [5, 5.41) is 0.580. The third kappa shape index (κ3) is 5.25. The van der Waals surface area contributed by atoms with E-state index in [1.807, 2.05) is 54.1 Å². The molecule has 0 saturated carbocycles. The van der Waals surface area contributed by atoms with E-state index in [-0.39, 0.29) is 12.5 Å². The molecule has 0 aliphatic rings. The minimum Gasteiger partial charge on any atom is -0.495 e. The third-order valence-electron chi connectivity index (χ3n) is 5.14. The Balaban J connectivity index is 1.59. The Labute approximate surface area is 196 Å². The van der Waals surface area contributed by atoms with Gasteiger partial charge in [-0.05, 0) is 43.2 Å². The molecule has 0 fully saturated rings. The average Bonchev–Trinajstić information content (AvgIpc) is 3.50. The van der Waals surface area contributed by atoms with Gasteiger partial charge in [-0.3, -0.25) is 9.69 Å². The Bertz CT molecular complexity index is 1180. The van der Waals surface area contributed by atoms with E-state index < -0.39 is 0 Å². The number of aromatic nitrogens is 3. The van der Waals surface area contributed by atoms with Gasteiger partial charge in [-0.2, -0.15) is 0 Å². The van der Waals surface area contributed by atoms with Gasteiger partial charge in [0.15, 0.2) is 11.7 Å². The van der Waals surface area contributed by atoms with E-state index in [0.29, 0.717) is 34.4 Å². The zero-order chi connectivity index (χ0) is 23.2. The lowest BCUT2D eigenvalue weighted by Crippen LogP contribution is -2.36. The molecule has 0 aliphatic heterocycles. The van der Waals surface area contributed by atoms with Crippen LogP contribution in [0.1, 0.15) is 12.0 Å². The summed E-state index contributed by atoms with van der Waals surface area (Å²) < 4.78 is 19.6. The van der Waals surface area contributed by atoms with Crippen molar-refractivity contribution >= 4 is 32.6 Å². The molecular weight excluding hydrogens is 440 g/mol. The lowest BCUT2D eigenvalue weighted by molar-refractivity contribution is -0.120. The average molecular weight is 467 g/mol. The van der Waals surface area contributed by atoms with Crippen molar-refractivity contribution in [2.75, 3.05) is 32.3 Å². The molecule has 1 amide bonds. The van der Waals surface area contributed by atoms with Crippen molar-refractivity contribution in [1.82, 2.24) is 14.5 Å². The maximum Gasteiger partial charge on any atom is 0.266 e. The molecule has 33 heavy (non-hydrogen) atoms. The molecule has 0 spiro atoms. The number of thiazole rings is 1. The molecule has 0 aliphatic carbocycles. The van der Waals surface area contributed by atoms with Crippen LogP contribution in [-0.2, 0) is 11.3 Å². The van der Waals surface area contributed by atoms with Crippen molar-refractivity contribution in [2.24, 2.45) is 0 Å². The molecule has 4 rings (SSSR count). The predicted molar refractivity (Wildman–Crippen MR) is 129 cm³/mol. The standard InChI is InChI=1S/C24H26N4O4S/c1-17-6-4-7-18(14-17)32-15-21(29)28(12-5-11-27-13-10-25-16-27)24-26-22-19(30-2)8-9-20(31-3)23(22)33-24/h4,6-10,13-14,16H,5,11-12,15H2,1-3H3. The van der Waals surface area contributed by atoms with Gasteiger partial charge in [-0.25, -0.2) is 9.97 Å². The molecule has 0 N–H and O–H groups in total. The van der Waals surface area contributed by atoms with Crippen molar-refractivity contribution in [3.8, 4) is 17.2 Å². The highest BCUT2D eigenvalue weighted by Crippen LogP contribution is 2.40. The maximum atomic E-state index is 13.3. The number of amides is 1. The first-order chi connectivity index (χ1) is 16.1. The van der Waals surface area contributed by atoms with Gasteiger partial charge in [-0.15, -0.1) is 0 Å². The van der Waals surface area contributed by atoms with Gasteiger partial charge in [0.1, 0.15) is 27.5 Å². The zero-order valence-corrected chi connectivity index (χ0v) is 19.7. The normalized spacial score (nSPS) is 10.9. The number of methoxy groups -OCH3 is 2. The summed E-state index contributed by atoms with van der Waals surface area (Å²) in [6.45, 7) is 3.12. The molecule has 0 saturated heterocycles. The van der Waals surface area contributed by atoms with E-state index in [1.54, 1.807) is 31.6 Å². The summed E-state index contributed by atoms with van der Waals surface area (Å²) in [5.41, 5.74) is 1.74. The largest absolute Gasteiger partial charge is 0.495 e. The Kier molecular flexibility index (Phi) is 7.09. The van der Waals surface area contributed by atoms with Crippen LogP contribution in [0.3, 0.4) is 0 Å². The van der Waals surface area contributed by atoms with Crippen LogP contribution in [0.2, 0.25) is 0 Å². The summed E-state index contributed by atoms with van der Waals surface area (Å²) in [7, 11) is 3.22. The molecule has 2 aromatic carbocycles. The number of carbonyl (C=O) groups excluding carboxylic acids is 1. The smallest absolute Gasteiger partial charge is 0.266 e. The van der Waals surface area contributed by atoms with Crippen molar-refractivity contribution in [3.05, 3.63) is 60.7 Å². The fraction of sp³-hybridized carbons (Fsp3) is 0.292. The van der Waals surface area contributed by atoms with Gasteiger partial charge < -0.3 is 18.8 Å². The number of hydrogen-bond donors (Lipinski definition) is 0. The highest BCUT2D eigenvalue weighted by Gasteiger charge is 2.23. The summed E-state index contributed by atoms with van der Waals surface area (Å²) in [4.78, 5) is 23.8. The number of hydrogen-bond acceptors (Lipinski definition) is 7. The van der Waals surface area contributed by atoms with E-state index >= 15 is 0 Å². The number of ether oxygens (including phenoxy) is 3. The first-order valence-corrected chi connectivity index (χ1v) is 11.4. The maximum absolute atomic E-state index is 13.3. The zero-order valence-electron chi connectivity index (χ0n) is 18.9.